The molecule has 24 heavy (non-hydrogen) atoms. The first-order valence-electron chi connectivity index (χ1n) is 8.10. The van der Waals surface area contributed by atoms with E-state index in [9.17, 15) is 9.59 Å². The van der Waals surface area contributed by atoms with Gasteiger partial charge in [-0.1, -0.05) is 22.0 Å². The number of carbonyl (C=O) groups excluding carboxylic acids is 2. The van der Waals surface area contributed by atoms with Gasteiger partial charge in [-0.3, -0.25) is 9.59 Å². The molecule has 2 fully saturated rings. The summed E-state index contributed by atoms with van der Waals surface area (Å²) >= 11 is 3.43. The van der Waals surface area contributed by atoms with Crippen molar-refractivity contribution in [3.8, 4) is 0 Å². The van der Waals surface area contributed by atoms with E-state index in [-0.39, 0.29) is 24.2 Å². The molecule has 0 spiro atoms. The standard InChI is InChI=1S/C17H22BrN3O2.ClH/c1-19-10-12-5-7-20(11-12)16(22)15-6-8-21(17(15)23)14-4-2-3-13(18)9-14;/h2-4,9,12,15,19H,5-8,10-11H2,1H3;1H. The van der Waals surface area contributed by atoms with Gasteiger partial charge in [-0.2, -0.15) is 0 Å². The summed E-state index contributed by atoms with van der Waals surface area (Å²) in [5.74, 6) is -0.0692. The molecule has 132 valence electrons. The molecular formula is C17H23BrClN3O2. The molecule has 7 heteroatoms. The quantitative estimate of drug-likeness (QED) is 0.766. The van der Waals surface area contributed by atoms with E-state index in [1.165, 1.54) is 0 Å². The summed E-state index contributed by atoms with van der Waals surface area (Å²) in [5, 5.41) is 3.16. The molecule has 0 bridgehead atoms. The van der Waals surface area contributed by atoms with Crippen LogP contribution in [0.25, 0.3) is 0 Å². The van der Waals surface area contributed by atoms with Crippen molar-refractivity contribution in [1.82, 2.24) is 10.2 Å². The average molecular weight is 417 g/mol. The fourth-order valence-corrected chi connectivity index (χ4v) is 3.91. The van der Waals surface area contributed by atoms with Gasteiger partial charge in [0.1, 0.15) is 5.92 Å². The van der Waals surface area contributed by atoms with Crippen LogP contribution in [0.15, 0.2) is 28.7 Å². The number of anilines is 1. The first-order chi connectivity index (χ1) is 11.1. The molecule has 2 amide bonds. The summed E-state index contributed by atoms with van der Waals surface area (Å²) in [4.78, 5) is 29.0. The Labute approximate surface area is 157 Å². The first kappa shape index (κ1) is 19.2. The monoisotopic (exact) mass is 415 g/mol. The zero-order valence-corrected chi connectivity index (χ0v) is 16.1. The van der Waals surface area contributed by atoms with Gasteiger partial charge >= 0.3 is 0 Å². The SMILES string of the molecule is CNCC1CCN(C(=O)C2CCN(c3cccc(Br)c3)C2=O)C1.Cl. The normalized spacial score (nSPS) is 23.5. The second-order valence-electron chi connectivity index (χ2n) is 6.31. The Morgan fingerprint density at radius 2 is 2.12 bits per heavy atom. The smallest absolute Gasteiger partial charge is 0.239 e. The molecule has 2 atom stereocenters. The van der Waals surface area contributed by atoms with Crippen molar-refractivity contribution in [1.29, 1.82) is 0 Å². The molecule has 5 nitrogen and oxygen atoms in total. The molecule has 3 rings (SSSR count). The van der Waals surface area contributed by atoms with Gasteiger partial charge in [0.25, 0.3) is 0 Å². The van der Waals surface area contributed by atoms with Gasteiger partial charge < -0.3 is 15.1 Å². The Morgan fingerprint density at radius 1 is 1.33 bits per heavy atom. The minimum atomic E-state index is -0.512. The molecule has 1 aromatic carbocycles. The van der Waals surface area contributed by atoms with Crippen molar-refractivity contribution in [2.75, 3.05) is 38.1 Å². The van der Waals surface area contributed by atoms with E-state index in [2.05, 4.69) is 21.2 Å². The average Bonchev–Trinajstić information content (AvgIpc) is 3.14. The summed E-state index contributed by atoms with van der Waals surface area (Å²) in [6.45, 7) is 3.07. The van der Waals surface area contributed by atoms with Crippen LogP contribution in [0.1, 0.15) is 12.8 Å². The number of benzene rings is 1. The van der Waals surface area contributed by atoms with Crippen molar-refractivity contribution < 1.29 is 9.59 Å². The van der Waals surface area contributed by atoms with E-state index in [0.717, 1.165) is 36.2 Å². The summed E-state index contributed by atoms with van der Waals surface area (Å²) in [6.07, 6.45) is 1.63. The second-order valence-corrected chi connectivity index (χ2v) is 7.22. The van der Waals surface area contributed by atoms with Crippen LogP contribution in [0.5, 0.6) is 0 Å². The van der Waals surface area contributed by atoms with Gasteiger partial charge in [-0.05, 0) is 50.6 Å². The maximum Gasteiger partial charge on any atom is 0.239 e. The third-order valence-electron chi connectivity index (χ3n) is 4.71. The summed E-state index contributed by atoms with van der Waals surface area (Å²) in [5.41, 5.74) is 0.856. The van der Waals surface area contributed by atoms with Crippen LogP contribution in [0.4, 0.5) is 5.69 Å². The Kier molecular flexibility index (Phi) is 6.66. The van der Waals surface area contributed by atoms with Gasteiger partial charge in [-0.25, -0.2) is 0 Å². The zero-order valence-electron chi connectivity index (χ0n) is 13.7. The maximum absolute atomic E-state index is 12.7. The van der Waals surface area contributed by atoms with E-state index in [0.29, 0.717) is 18.9 Å². The highest BCUT2D eigenvalue weighted by Gasteiger charge is 2.41. The highest BCUT2D eigenvalue weighted by atomic mass is 79.9. The summed E-state index contributed by atoms with van der Waals surface area (Å²) < 4.78 is 0.937. The van der Waals surface area contributed by atoms with E-state index in [1.807, 2.05) is 36.2 Å². The lowest BCUT2D eigenvalue weighted by Crippen LogP contribution is -2.39. The van der Waals surface area contributed by atoms with Crippen LogP contribution in [0.2, 0.25) is 0 Å². The lowest BCUT2D eigenvalue weighted by molar-refractivity contribution is -0.139. The van der Waals surface area contributed by atoms with Gasteiger partial charge in [0.2, 0.25) is 11.8 Å². The van der Waals surface area contributed by atoms with Gasteiger partial charge in [0.05, 0.1) is 0 Å². The largest absolute Gasteiger partial charge is 0.342 e. The molecule has 2 aliphatic heterocycles. The number of nitrogens with one attached hydrogen (secondary N) is 1. The van der Waals surface area contributed by atoms with E-state index < -0.39 is 5.92 Å². The van der Waals surface area contributed by atoms with Crippen LogP contribution in [0, 0.1) is 11.8 Å². The number of halogens is 2. The maximum atomic E-state index is 12.7. The topological polar surface area (TPSA) is 52.7 Å². The molecular weight excluding hydrogens is 394 g/mol. The fraction of sp³-hybridized carbons (Fsp3) is 0.529. The predicted octanol–water partition coefficient (Wildman–Crippen LogP) is 2.29. The molecule has 0 radical (unpaired) electrons. The minimum Gasteiger partial charge on any atom is -0.342 e. The molecule has 2 heterocycles. The zero-order chi connectivity index (χ0) is 16.4. The van der Waals surface area contributed by atoms with Crippen molar-refractivity contribution in [3.63, 3.8) is 0 Å². The predicted molar refractivity (Wildman–Crippen MR) is 100 cm³/mol. The number of hydrogen-bond acceptors (Lipinski definition) is 3. The van der Waals surface area contributed by atoms with Gasteiger partial charge in [0, 0.05) is 29.8 Å². The highest BCUT2D eigenvalue weighted by molar-refractivity contribution is 9.10. The summed E-state index contributed by atoms with van der Waals surface area (Å²) in [7, 11) is 1.93. The molecule has 1 N–H and O–H groups in total. The van der Waals surface area contributed by atoms with Crippen LogP contribution in [0.3, 0.4) is 0 Å². The van der Waals surface area contributed by atoms with Crippen molar-refractivity contribution in [2.24, 2.45) is 11.8 Å². The number of hydrogen-bond donors (Lipinski definition) is 1. The third kappa shape index (κ3) is 3.92. The fourth-order valence-electron chi connectivity index (χ4n) is 3.52. The molecule has 2 aliphatic rings. The Hall–Kier alpha value is -1.11. The number of nitrogens with zero attached hydrogens (tertiary/aromatic N) is 2. The van der Waals surface area contributed by atoms with Crippen molar-refractivity contribution in [3.05, 3.63) is 28.7 Å². The van der Waals surface area contributed by atoms with Crippen LogP contribution >= 0.6 is 28.3 Å². The van der Waals surface area contributed by atoms with Crippen molar-refractivity contribution in [2.45, 2.75) is 12.8 Å². The lowest BCUT2D eigenvalue weighted by Gasteiger charge is -2.21. The van der Waals surface area contributed by atoms with E-state index >= 15 is 0 Å². The van der Waals surface area contributed by atoms with Gasteiger partial charge in [0.15, 0.2) is 0 Å². The molecule has 2 saturated heterocycles. The van der Waals surface area contributed by atoms with Crippen LogP contribution in [-0.4, -0.2) is 49.9 Å². The Morgan fingerprint density at radius 3 is 2.83 bits per heavy atom. The third-order valence-corrected chi connectivity index (χ3v) is 5.21. The highest BCUT2D eigenvalue weighted by Crippen LogP contribution is 2.29. The second kappa shape index (κ2) is 8.32. The number of likely N-dealkylation sites (tertiary alicyclic amines) is 1. The summed E-state index contributed by atoms with van der Waals surface area (Å²) in [6, 6.07) is 7.67. The molecule has 1 aromatic rings. The molecule has 0 aromatic heterocycles. The first-order valence-corrected chi connectivity index (χ1v) is 8.89. The Bertz CT molecular complexity index is 613. The van der Waals surface area contributed by atoms with Gasteiger partial charge in [-0.15, -0.1) is 12.4 Å². The lowest BCUT2D eigenvalue weighted by atomic mass is 10.1. The number of amides is 2. The van der Waals surface area contributed by atoms with Crippen LogP contribution in [-0.2, 0) is 9.59 Å². The number of carbonyl (C=O) groups is 2. The number of rotatable bonds is 4. The van der Waals surface area contributed by atoms with E-state index in [1.54, 1.807) is 4.90 Å². The van der Waals surface area contributed by atoms with Crippen molar-refractivity contribution >= 4 is 45.8 Å². The molecule has 0 aliphatic carbocycles. The van der Waals surface area contributed by atoms with Crippen LogP contribution < -0.4 is 10.2 Å². The van der Waals surface area contributed by atoms with E-state index in [4.69, 9.17) is 0 Å². The molecule has 0 saturated carbocycles. The minimum absolute atomic E-state index is 0. The Balaban J connectivity index is 0.00000208. The molecule has 2 unspecified atom stereocenters.